The summed E-state index contributed by atoms with van der Waals surface area (Å²) < 4.78 is 2.88. The second-order valence-electron chi connectivity index (χ2n) is 3.73. The van der Waals surface area contributed by atoms with Gasteiger partial charge in [0.15, 0.2) is 5.82 Å². The molecule has 3 rings (SSSR count). The highest BCUT2D eigenvalue weighted by Gasteiger charge is 2.14. The SMILES string of the molecule is Cc1nn(-c2ncnc3sccc23)c(C)c1Br. The van der Waals surface area contributed by atoms with E-state index in [9.17, 15) is 0 Å². The van der Waals surface area contributed by atoms with Gasteiger partial charge in [-0.15, -0.1) is 11.3 Å². The van der Waals surface area contributed by atoms with Crippen LogP contribution in [0.15, 0.2) is 22.2 Å². The Morgan fingerprint density at radius 3 is 2.82 bits per heavy atom. The largest absolute Gasteiger partial charge is 0.225 e. The first-order chi connectivity index (χ1) is 8.18. The molecule has 6 heteroatoms. The zero-order chi connectivity index (χ0) is 12.0. The van der Waals surface area contributed by atoms with Gasteiger partial charge in [-0.1, -0.05) is 0 Å². The lowest BCUT2D eigenvalue weighted by molar-refractivity contribution is 0.810. The van der Waals surface area contributed by atoms with Crippen molar-refractivity contribution < 1.29 is 0 Å². The average Bonchev–Trinajstić information content (AvgIpc) is 2.89. The van der Waals surface area contributed by atoms with E-state index in [1.54, 1.807) is 17.7 Å². The molecule has 86 valence electrons. The fourth-order valence-electron chi connectivity index (χ4n) is 1.78. The standard InChI is InChI=1S/C11H9BrN4S/c1-6-9(12)7(2)16(15-6)10-8-3-4-17-11(8)14-5-13-10/h3-5H,1-2H3. The maximum atomic E-state index is 4.49. The van der Waals surface area contributed by atoms with Gasteiger partial charge < -0.3 is 0 Å². The van der Waals surface area contributed by atoms with Crippen molar-refractivity contribution in [1.82, 2.24) is 19.7 Å². The van der Waals surface area contributed by atoms with Crippen LogP contribution in [-0.4, -0.2) is 19.7 Å². The van der Waals surface area contributed by atoms with Crippen molar-refractivity contribution in [3.63, 3.8) is 0 Å². The second-order valence-corrected chi connectivity index (χ2v) is 5.42. The monoisotopic (exact) mass is 308 g/mol. The van der Waals surface area contributed by atoms with E-state index >= 15 is 0 Å². The molecule has 0 spiro atoms. The lowest BCUT2D eigenvalue weighted by Gasteiger charge is -2.03. The third kappa shape index (κ3) is 1.59. The van der Waals surface area contributed by atoms with Crippen molar-refractivity contribution >= 4 is 37.5 Å². The Balaban J connectivity index is 2.34. The minimum absolute atomic E-state index is 0.836. The zero-order valence-electron chi connectivity index (χ0n) is 9.31. The van der Waals surface area contributed by atoms with Gasteiger partial charge in [0.1, 0.15) is 11.2 Å². The smallest absolute Gasteiger partial charge is 0.165 e. The molecule has 0 radical (unpaired) electrons. The van der Waals surface area contributed by atoms with Crippen molar-refractivity contribution in [3.05, 3.63) is 33.6 Å². The van der Waals surface area contributed by atoms with Gasteiger partial charge in [-0.25, -0.2) is 14.6 Å². The first-order valence-electron chi connectivity index (χ1n) is 5.09. The fraction of sp³-hybridized carbons (Fsp3) is 0.182. The van der Waals surface area contributed by atoms with E-state index in [1.807, 2.05) is 30.0 Å². The molecule has 0 atom stereocenters. The third-order valence-corrected chi connectivity index (χ3v) is 4.61. The highest BCUT2D eigenvalue weighted by atomic mass is 79.9. The molecule has 3 heterocycles. The molecule has 0 N–H and O–H groups in total. The van der Waals surface area contributed by atoms with E-state index in [4.69, 9.17) is 0 Å². The van der Waals surface area contributed by atoms with Crippen LogP contribution in [-0.2, 0) is 0 Å². The molecule has 0 aliphatic rings. The van der Waals surface area contributed by atoms with Gasteiger partial charge in [-0.3, -0.25) is 0 Å². The van der Waals surface area contributed by atoms with Crippen LogP contribution >= 0.6 is 27.3 Å². The van der Waals surface area contributed by atoms with Crippen LogP contribution in [0, 0.1) is 13.8 Å². The molecule has 0 unspecified atom stereocenters. The van der Waals surface area contributed by atoms with Crippen molar-refractivity contribution in [2.45, 2.75) is 13.8 Å². The molecule has 0 aliphatic heterocycles. The maximum Gasteiger partial charge on any atom is 0.165 e. The van der Waals surface area contributed by atoms with Crippen molar-refractivity contribution in [3.8, 4) is 5.82 Å². The zero-order valence-corrected chi connectivity index (χ0v) is 11.7. The number of fused-ring (bicyclic) bond motifs is 1. The molecular formula is C11H9BrN4S. The molecule has 0 saturated carbocycles. The van der Waals surface area contributed by atoms with E-state index in [-0.39, 0.29) is 0 Å². The minimum atomic E-state index is 0.836. The van der Waals surface area contributed by atoms with Crippen LogP contribution in [0.5, 0.6) is 0 Å². The number of rotatable bonds is 1. The first-order valence-corrected chi connectivity index (χ1v) is 6.76. The molecule has 0 fully saturated rings. The van der Waals surface area contributed by atoms with E-state index < -0.39 is 0 Å². The summed E-state index contributed by atoms with van der Waals surface area (Å²) in [6, 6.07) is 2.03. The normalized spacial score (nSPS) is 11.2. The number of aromatic nitrogens is 4. The fourth-order valence-corrected chi connectivity index (χ4v) is 2.75. The lowest BCUT2D eigenvalue weighted by Crippen LogP contribution is -2.02. The number of halogens is 1. The van der Waals surface area contributed by atoms with Crippen LogP contribution in [0.3, 0.4) is 0 Å². The average molecular weight is 309 g/mol. The summed E-state index contributed by atoms with van der Waals surface area (Å²) in [6.07, 6.45) is 1.58. The van der Waals surface area contributed by atoms with Gasteiger partial charge >= 0.3 is 0 Å². The topological polar surface area (TPSA) is 43.6 Å². The molecule has 0 bridgehead atoms. The van der Waals surface area contributed by atoms with Crippen molar-refractivity contribution in [1.29, 1.82) is 0 Å². The summed E-state index contributed by atoms with van der Waals surface area (Å²) in [5.74, 6) is 0.836. The Hall–Kier alpha value is -1.27. The van der Waals surface area contributed by atoms with Crippen LogP contribution in [0.4, 0.5) is 0 Å². The summed E-state index contributed by atoms with van der Waals surface area (Å²) in [6.45, 7) is 3.99. The molecule has 3 aromatic rings. The number of thiophene rings is 1. The second kappa shape index (κ2) is 3.89. The molecule has 17 heavy (non-hydrogen) atoms. The van der Waals surface area contributed by atoms with E-state index in [0.29, 0.717) is 0 Å². The quantitative estimate of drug-likeness (QED) is 0.693. The summed E-state index contributed by atoms with van der Waals surface area (Å²) in [7, 11) is 0. The Morgan fingerprint density at radius 1 is 1.29 bits per heavy atom. The van der Waals surface area contributed by atoms with Gasteiger partial charge in [0.05, 0.1) is 21.2 Å². The molecule has 0 aliphatic carbocycles. The maximum absolute atomic E-state index is 4.49. The van der Waals surface area contributed by atoms with Crippen LogP contribution in [0.1, 0.15) is 11.4 Å². The molecule has 0 amide bonds. The van der Waals surface area contributed by atoms with Crippen molar-refractivity contribution in [2.75, 3.05) is 0 Å². The number of hydrogen-bond donors (Lipinski definition) is 0. The Morgan fingerprint density at radius 2 is 2.12 bits per heavy atom. The first kappa shape index (κ1) is 10.9. The van der Waals surface area contributed by atoms with Crippen molar-refractivity contribution in [2.24, 2.45) is 0 Å². The number of nitrogens with zero attached hydrogens (tertiary/aromatic N) is 4. The third-order valence-electron chi connectivity index (χ3n) is 2.64. The molecule has 3 aromatic heterocycles. The number of hydrogen-bond acceptors (Lipinski definition) is 4. The number of aryl methyl sites for hydroxylation is 1. The molecule has 0 saturated heterocycles. The summed E-state index contributed by atoms with van der Waals surface area (Å²) in [5.41, 5.74) is 2.01. The lowest BCUT2D eigenvalue weighted by atomic mass is 10.3. The predicted octanol–water partition coefficient (Wildman–Crippen LogP) is 3.26. The minimum Gasteiger partial charge on any atom is -0.225 e. The van der Waals surface area contributed by atoms with E-state index in [1.165, 1.54) is 0 Å². The Labute approximate surface area is 110 Å². The van der Waals surface area contributed by atoms with Crippen LogP contribution < -0.4 is 0 Å². The Kier molecular flexibility index (Phi) is 2.48. The van der Waals surface area contributed by atoms with E-state index in [2.05, 4.69) is 31.0 Å². The van der Waals surface area contributed by atoms with Crippen LogP contribution in [0.2, 0.25) is 0 Å². The van der Waals surface area contributed by atoms with Gasteiger partial charge in [0.25, 0.3) is 0 Å². The molecular weight excluding hydrogens is 300 g/mol. The van der Waals surface area contributed by atoms with Crippen LogP contribution in [0.25, 0.3) is 16.0 Å². The van der Waals surface area contributed by atoms with Gasteiger partial charge in [0, 0.05) is 0 Å². The molecule has 0 aromatic carbocycles. The molecule has 4 nitrogen and oxygen atoms in total. The van der Waals surface area contributed by atoms with Gasteiger partial charge in [-0.2, -0.15) is 5.10 Å². The van der Waals surface area contributed by atoms with E-state index in [0.717, 1.165) is 31.9 Å². The highest BCUT2D eigenvalue weighted by molar-refractivity contribution is 9.10. The summed E-state index contributed by atoms with van der Waals surface area (Å²) in [4.78, 5) is 9.57. The summed E-state index contributed by atoms with van der Waals surface area (Å²) >= 11 is 5.14. The summed E-state index contributed by atoms with van der Waals surface area (Å²) in [5, 5.41) is 7.55. The van der Waals surface area contributed by atoms with Gasteiger partial charge in [-0.05, 0) is 41.2 Å². The predicted molar refractivity (Wildman–Crippen MR) is 71.7 cm³/mol. The Bertz CT molecular complexity index is 701. The van der Waals surface area contributed by atoms with Gasteiger partial charge in [0.2, 0.25) is 0 Å². The highest BCUT2D eigenvalue weighted by Crippen LogP contribution is 2.27.